The van der Waals surface area contributed by atoms with Crippen molar-refractivity contribution in [1.29, 1.82) is 0 Å². The standard InChI is InChI=1S/C19H19N7OS/c27-19(22-9-13-5-7-21-12-23-13)16-11-28-18(26-16)6-8-20-10-17-24-14-3-1-2-4-15(14)25-17/h1-5,7,11-12,20H,6,8-10H2,(H,22,27)(H,24,25). The highest BCUT2D eigenvalue weighted by molar-refractivity contribution is 7.09. The summed E-state index contributed by atoms with van der Waals surface area (Å²) in [4.78, 5) is 32.4. The van der Waals surface area contributed by atoms with Crippen molar-refractivity contribution in [3.8, 4) is 0 Å². The van der Waals surface area contributed by atoms with E-state index in [9.17, 15) is 4.79 Å². The maximum atomic E-state index is 12.2. The molecule has 0 fully saturated rings. The smallest absolute Gasteiger partial charge is 0.271 e. The van der Waals surface area contributed by atoms with Gasteiger partial charge in [-0.2, -0.15) is 0 Å². The zero-order valence-electron chi connectivity index (χ0n) is 15.1. The van der Waals surface area contributed by atoms with Gasteiger partial charge in [0.25, 0.3) is 5.91 Å². The molecule has 0 aliphatic heterocycles. The zero-order chi connectivity index (χ0) is 19.2. The van der Waals surface area contributed by atoms with Gasteiger partial charge < -0.3 is 15.6 Å². The monoisotopic (exact) mass is 393 g/mol. The Morgan fingerprint density at radius 2 is 2.07 bits per heavy atom. The van der Waals surface area contributed by atoms with Crippen molar-refractivity contribution in [3.05, 3.63) is 70.5 Å². The Hall–Kier alpha value is -3.17. The van der Waals surface area contributed by atoms with Gasteiger partial charge in [0.05, 0.1) is 34.8 Å². The van der Waals surface area contributed by atoms with E-state index in [1.54, 1.807) is 17.6 Å². The Balaban J connectivity index is 1.22. The molecular weight excluding hydrogens is 374 g/mol. The van der Waals surface area contributed by atoms with E-state index in [-0.39, 0.29) is 5.91 Å². The predicted octanol–water partition coefficient (Wildman–Crippen LogP) is 2.07. The topological polar surface area (TPSA) is 108 Å². The molecular formula is C19H19N7OS. The highest BCUT2D eigenvalue weighted by atomic mass is 32.1. The van der Waals surface area contributed by atoms with E-state index in [4.69, 9.17) is 0 Å². The van der Waals surface area contributed by atoms with E-state index < -0.39 is 0 Å². The van der Waals surface area contributed by atoms with Crippen LogP contribution in [0.5, 0.6) is 0 Å². The van der Waals surface area contributed by atoms with Crippen LogP contribution in [-0.4, -0.2) is 37.4 Å². The lowest BCUT2D eigenvalue weighted by atomic mass is 10.3. The second-order valence-corrected chi connectivity index (χ2v) is 7.08. The number of H-pyrrole nitrogens is 1. The van der Waals surface area contributed by atoms with Crippen molar-refractivity contribution in [2.75, 3.05) is 6.54 Å². The van der Waals surface area contributed by atoms with Gasteiger partial charge in [-0.1, -0.05) is 12.1 Å². The van der Waals surface area contributed by atoms with Crippen molar-refractivity contribution < 1.29 is 4.79 Å². The summed E-state index contributed by atoms with van der Waals surface area (Å²) in [6.45, 7) is 1.77. The van der Waals surface area contributed by atoms with Crippen LogP contribution in [0.3, 0.4) is 0 Å². The molecule has 9 heteroatoms. The van der Waals surface area contributed by atoms with Crippen LogP contribution in [0.1, 0.15) is 27.0 Å². The van der Waals surface area contributed by atoms with Crippen LogP contribution in [-0.2, 0) is 19.5 Å². The quantitative estimate of drug-likeness (QED) is 0.396. The van der Waals surface area contributed by atoms with Gasteiger partial charge in [-0.15, -0.1) is 11.3 Å². The Kier molecular flexibility index (Phi) is 5.64. The van der Waals surface area contributed by atoms with Gasteiger partial charge in [-0.3, -0.25) is 4.79 Å². The number of benzene rings is 1. The Morgan fingerprint density at radius 1 is 1.14 bits per heavy atom. The maximum absolute atomic E-state index is 12.2. The summed E-state index contributed by atoms with van der Waals surface area (Å²) in [5.74, 6) is 0.710. The molecule has 0 aliphatic carbocycles. The van der Waals surface area contributed by atoms with Crippen LogP contribution >= 0.6 is 11.3 Å². The maximum Gasteiger partial charge on any atom is 0.271 e. The first-order chi connectivity index (χ1) is 13.8. The lowest BCUT2D eigenvalue weighted by molar-refractivity contribution is 0.0946. The fourth-order valence-corrected chi connectivity index (χ4v) is 3.48. The average Bonchev–Trinajstić information content (AvgIpc) is 3.37. The van der Waals surface area contributed by atoms with E-state index in [2.05, 4.69) is 35.6 Å². The van der Waals surface area contributed by atoms with E-state index in [1.165, 1.54) is 17.7 Å². The Morgan fingerprint density at radius 3 is 2.93 bits per heavy atom. The van der Waals surface area contributed by atoms with Crippen molar-refractivity contribution in [2.24, 2.45) is 0 Å². The number of aromatic nitrogens is 5. The molecule has 28 heavy (non-hydrogen) atoms. The number of amides is 1. The van der Waals surface area contributed by atoms with Gasteiger partial charge in [-0.25, -0.2) is 19.9 Å². The molecule has 3 N–H and O–H groups in total. The van der Waals surface area contributed by atoms with Crippen LogP contribution in [0.4, 0.5) is 0 Å². The predicted molar refractivity (Wildman–Crippen MR) is 107 cm³/mol. The van der Waals surface area contributed by atoms with Gasteiger partial charge in [0.15, 0.2) is 0 Å². The number of carbonyl (C=O) groups is 1. The fourth-order valence-electron chi connectivity index (χ4n) is 2.71. The Labute approximate surface area is 165 Å². The van der Waals surface area contributed by atoms with Crippen molar-refractivity contribution in [3.63, 3.8) is 0 Å². The summed E-state index contributed by atoms with van der Waals surface area (Å²) in [5, 5.41) is 8.87. The second kappa shape index (κ2) is 8.68. The number of thiazole rings is 1. The lowest BCUT2D eigenvalue weighted by Gasteiger charge is -2.02. The first kappa shape index (κ1) is 18.2. The molecule has 3 aromatic heterocycles. The van der Waals surface area contributed by atoms with Gasteiger partial charge in [0, 0.05) is 24.5 Å². The number of fused-ring (bicyclic) bond motifs is 1. The largest absolute Gasteiger partial charge is 0.345 e. The van der Waals surface area contributed by atoms with Crippen LogP contribution in [0.15, 0.2) is 48.2 Å². The number of carbonyl (C=O) groups excluding carboxylic acids is 1. The summed E-state index contributed by atoms with van der Waals surface area (Å²) in [7, 11) is 0. The van der Waals surface area contributed by atoms with Gasteiger partial charge in [-0.05, 0) is 18.2 Å². The number of nitrogens with zero attached hydrogens (tertiary/aromatic N) is 4. The van der Waals surface area contributed by atoms with Crippen molar-refractivity contribution in [2.45, 2.75) is 19.5 Å². The number of imidazole rings is 1. The van der Waals surface area contributed by atoms with Crippen LogP contribution in [0.25, 0.3) is 11.0 Å². The number of aromatic amines is 1. The second-order valence-electron chi connectivity index (χ2n) is 6.14. The van der Waals surface area contributed by atoms with Gasteiger partial charge in [0.2, 0.25) is 0 Å². The molecule has 0 saturated heterocycles. The highest BCUT2D eigenvalue weighted by Gasteiger charge is 2.11. The summed E-state index contributed by atoms with van der Waals surface area (Å²) >= 11 is 1.49. The number of hydrogen-bond acceptors (Lipinski definition) is 7. The van der Waals surface area contributed by atoms with E-state index >= 15 is 0 Å². The molecule has 0 aliphatic rings. The van der Waals surface area contributed by atoms with Crippen molar-refractivity contribution in [1.82, 2.24) is 35.6 Å². The SMILES string of the molecule is O=C(NCc1ccncn1)c1csc(CCNCc2nc3ccccc3[nH]2)n1. The summed E-state index contributed by atoms with van der Waals surface area (Å²) in [5.41, 5.74) is 3.20. The third kappa shape index (κ3) is 4.56. The van der Waals surface area contributed by atoms with Gasteiger partial charge >= 0.3 is 0 Å². The molecule has 1 aromatic carbocycles. The minimum absolute atomic E-state index is 0.198. The van der Waals surface area contributed by atoms with E-state index in [0.717, 1.165) is 40.5 Å². The molecule has 0 saturated carbocycles. The third-order valence-corrected chi connectivity index (χ3v) is 5.01. The fraction of sp³-hybridized carbons (Fsp3) is 0.211. The molecule has 0 spiro atoms. The Bertz CT molecular complexity index is 1030. The molecule has 8 nitrogen and oxygen atoms in total. The molecule has 4 aromatic rings. The molecule has 4 rings (SSSR count). The molecule has 0 bridgehead atoms. The average molecular weight is 393 g/mol. The lowest BCUT2D eigenvalue weighted by Crippen LogP contribution is -2.23. The summed E-state index contributed by atoms with van der Waals surface area (Å²) in [6.07, 6.45) is 3.86. The van der Waals surface area contributed by atoms with E-state index in [1.807, 2.05) is 24.3 Å². The number of rotatable bonds is 8. The number of hydrogen-bond donors (Lipinski definition) is 3. The molecule has 0 unspecified atom stereocenters. The first-order valence-corrected chi connectivity index (χ1v) is 9.78. The molecule has 142 valence electrons. The molecule has 3 heterocycles. The number of para-hydroxylation sites is 2. The van der Waals surface area contributed by atoms with Crippen LogP contribution in [0.2, 0.25) is 0 Å². The number of nitrogens with one attached hydrogen (secondary N) is 3. The zero-order valence-corrected chi connectivity index (χ0v) is 15.9. The van der Waals surface area contributed by atoms with Crippen molar-refractivity contribution >= 4 is 28.3 Å². The first-order valence-electron chi connectivity index (χ1n) is 8.90. The normalized spacial score (nSPS) is 11.0. The molecule has 1 amide bonds. The third-order valence-electron chi connectivity index (χ3n) is 4.10. The van der Waals surface area contributed by atoms with E-state index in [0.29, 0.717) is 18.8 Å². The highest BCUT2D eigenvalue weighted by Crippen LogP contribution is 2.11. The summed E-state index contributed by atoms with van der Waals surface area (Å²) < 4.78 is 0. The van der Waals surface area contributed by atoms with Gasteiger partial charge in [0.1, 0.15) is 17.8 Å². The summed E-state index contributed by atoms with van der Waals surface area (Å²) in [6, 6.07) is 9.73. The minimum atomic E-state index is -0.198. The van der Waals surface area contributed by atoms with Crippen LogP contribution < -0.4 is 10.6 Å². The molecule has 0 atom stereocenters. The van der Waals surface area contributed by atoms with Crippen LogP contribution in [0, 0.1) is 0 Å². The molecule has 0 radical (unpaired) electrons. The minimum Gasteiger partial charge on any atom is -0.345 e.